The number of anilines is 1. The van der Waals surface area contributed by atoms with Crippen LogP contribution in [0, 0.1) is 0 Å². The van der Waals surface area contributed by atoms with Gasteiger partial charge in [0.1, 0.15) is 0 Å². The molecule has 9 heteroatoms. The molecule has 2 amide bonds. The monoisotopic (exact) mass is 449 g/mol. The lowest BCUT2D eigenvalue weighted by atomic mass is 10.0. The number of rotatable bonds is 9. The number of carbonyl (C=O) groups is 2. The van der Waals surface area contributed by atoms with Crippen LogP contribution in [0.4, 0.5) is 5.69 Å². The summed E-state index contributed by atoms with van der Waals surface area (Å²) in [5, 5.41) is 5.79. The van der Waals surface area contributed by atoms with E-state index in [4.69, 9.17) is 11.6 Å². The summed E-state index contributed by atoms with van der Waals surface area (Å²) in [4.78, 5) is 24.5. The van der Waals surface area contributed by atoms with Crippen LogP contribution < -0.4 is 15.4 Å². The summed E-state index contributed by atoms with van der Waals surface area (Å²) < 4.78 is 26.2. The van der Waals surface area contributed by atoms with E-state index < -0.39 is 21.8 Å². The Morgan fingerprint density at radius 3 is 2.27 bits per heavy atom. The Bertz CT molecular complexity index is 990. The third kappa shape index (κ3) is 7.29. The predicted molar refractivity (Wildman–Crippen MR) is 119 cm³/mol. The van der Waals surface area contributed by atoms with Crippen LogP contribution in [-0.4, -0.2) is 26.8 Å². The number of hydrogen-bond acceptors (Lipinski definition) is 4. The Morgan fingerprint density at radius 1 is 1.07 bits per heavy atom. The van der Waals surface area contributed by atoms with Crippen LogP contribution >= 0.6 is 11.6 Å². The molecule has 3 N–H and O–H groups in total. The molecular weight excluding hydrogens is 426 g/mol. The van der Waals surface area contributed by atoms with E-state index in [1.165, 1.54) is 6.08 Å². The van der Waals surface area contributed by atoms with Gasteiger partial charge in [-0.3, -0.25) is 9.59 Å². The highest BCUT2D eigenvalue weighted by Crippen LogP contribution is 2.19. The van der Waals surface area contributed by atoms with Crippen LogP contribution in [0.15, 0.2) is 61.2 Å². The average Bonchev–Trinajstić information content (AvgIpc) is 2.72. The van der Waals surface area contributed by atoms with Crippen molar-refractivity contribution < 1.29 is 18.0 Å². The van der Waals surface area contributed by atoms with Crippen LogP contribution in [0.25, 0.3) is 0 Å². The third-order valence-electron chi connectivity index (χ3n) is 4.21. The zero-order chi connectivity index (χ0) is 22.1. The molecular formula is C21H24ClN3O4S. The number of halogens is 1. The second-order valence-corrected chi connectivity index (χ2v) is 8.78. The van der Waals surface area contributed by atoms with Crippen molar-refractivity contribution in [3.8, 4) is 0 Å². The fraction of sp³-hybridized carbons (Fsp3) is 0.238. The second-order valence-electron chi connectivity index (χ2n) is 6.53. The molecule has 0 spiro atoms. The highest BCUT2D eigenvalue weighted by Gasteiger charge is 2.19. The minimum Gasteiger partial charge on any atom is -0.341 e. The standard InChI is InChI=1S/C21H24ClN3O4S/c1-3-13-23-30(28,29)14-15-5-11-18(12-6-15)24-20(26)21(27)25-19(4-2)16-7-9-17(22)10-8-16/h3,5-12,19,23H,1,4,13-14H2,2H3,(H,24,26)(H,25,27)/t19-/m0/s1. The van der Waals surface area contributed by atoms with Crippen molar-refractivity contribution in [3.05, 3.63) is 77.3 Å². The first-order chi connectivity index (χ1) is 14.2. The number of benzene rings is 2. The van der Waals surface area contributed by atoms with Crippen LogP contribution in [0.3, 0.4) is 0 Å². The molecule has 0 saturated heterocycles. The van der Waals surface area contributed by atoms with Crippen molar-refractivity contribution in [2.24, 2.45) is 0 Å². The fourth-order valence-electron chi connectivity index (χ4n) is 2.67. The summed E-state index contributed by atoms with van der Waals surface area (Å²) in [6.07, 6.45) is 2.06. The Morgan fingerprint density at radius 2 is 1.70 bits per heavy atom. The molecule has 0 fully saturated rings. The molecule has 7 nitrogen and oxygen atoms in total. The summed E-state index contributed by atoms with van der Waals surface area (Å²) in [5.41, 5.74) is 1.77. The van der Waals surface area contributed by atoms with Gasteiger partial charge in [0, 0.05) is 17.3 Å². The van der Waals surface area contributed by atoms with Crippen molar-refractivity contribution in [1.29, 1.82) is 0 Å². The number of amides is 2. The Balaban J connectivity index is 1.95. The van der Waals surface area contributed by atoms with Crippen molar-refractivity contribution in [2.75, 3.05) is 11.9 Å². The molecule has 0 aliphatic rings. The van der Waals surface area contributed by atoms with E-state index in [9.17, 15) is 18.0 Å². The summed E-state index contributed by atoms with van der Waals surface area (Å²) in [5.74, 6) is -1.78. The maximum Gasteiger partial charge on any atom is 0.313 e. The van der Waals surface area contributed by atoms with Gasteiger partial charge in [-0.15, -0.1) is 6.58 Å². The van der Waals surface area contributed by atoms with Crippen molar-refractivity contribution in [2.45, 2.75) is 25.1 Å². The lowest BCUT2D eigenvalue weighted by molar-refractivity contribution is -0.136. The lowest BCUT2D eigenvalue weighted by Crippen LogP contribution is -2.37. The zero-order valence-electron chi connectivity index (χ0n) is 16.5. The first kappa shape index (κ1) is 23.6. The van der Waals surface area contributed by atoms with E-state index >= 15 is 0 Å². The summed E-state index contributed by atoms with van der Waals surface area (Å²) >= 11 is 5.88. The smallest absolute Gasteiger partial charge is 0.313 e. The van der Waals surface area contributed by atoms with E-state index in [1.807, 2.05) is 6.92 Å². The maximum absolute atomic E-state index is 12.3. The van der Waals surface area contributed by atoms with Crippen LogP contribution in [0.1, 0.15) is 30.5 Å². The number of carbonyl (C=O) groups excluding carboxylic acids is 2. The van der Waals surface area contributed by atoms with E-state index in [-0.39, 0.29) is 18.3 Å². The van der Waals surface area contributed by atoms with Crippen molar-refractivity contribution >= 4 is 39.1 Å². The molecule has 0 unspecified atom stereocenters. The summed E-state index contributed by atoms with van der Waals surface area (Å²) in [6, 6.07) is 12.9. The topological polar surface area (TPSA) is 104 Å². The average molecular weight is 450 g/mol. The molecule has 0 bridgehead atoms. The van der Waals surface area contributed by atoms with Gasteiger partial charge in [0.05, 0.1) is 11.8 Å². The van der Waals surface area contributed by atoms with E-state index in [1.54, 1.807) is 48.5 Å². The van der Waals surface area contributed by atoms with Crippen LogP contribution in [0.5, 0.6) is 0 Å². The van der Waals surface area contributed by atoms with Crippen LogP contribution in [-0.2, 0) is 25.4 Å². The fourth-order valence-corrected chi connectivity index (χ4v) is 3.90. The molecule has 2 rings (SSSR count). The quantitative estimate of drug-likeness (QED) is 0.404. The number of hydrogen-bond donors (Lipinski definition) is 3. The first-order valence-electron chi connectivity index (χ1n) is 9.28. The molecule has 2 aromatic rings. The number of nitrogens with one attached hydrogen (secondary N) is 3. The highest BCUT2D eigenvalue weighted by atomic mass is 35.5. The van der Waals surface area contributed by atoms with Crippen molar-refractivity contribution in [3.63, 3.8) is 0 Å². The molecule has 0 saturated carbocycles. The summed E-state index contributed by atoms with van der Waals surface area (Å²) in [7, 11) is -3.47. The molecule has 160 valence electrons. The normalized spacial score (nSPS) is 12.1. The minimum atomic E-state index is -3.47. The molecule has 0 heterocycles. The SMILES string of the molecule is C=CCNS(=O)(=O)Cc1ccc(NC(=O)C(=O)N[C@@H](CC)c2ccc(Cl)cc2)cc1. The molecule has 2 aromatic carbocycles. The first-order valence-corrected chi connectivity index (χ1v) is 11.3. The van der Waals surface area contributed by atoms with Gasteiger partial charge in [-0.2, -0.15) is 0 Å². The molecule has 0 radical (unpaired) electrons. The van der Waals surface area contributed by atoms with E-state index in [0.717, 1.165) is 5.56 Å². The van der Waals surface area contributed by atoms with Gasteiger partial charge in [0.2, 0.25) is 10.0 Å². The Hall–Kier alpha value is -2.68. The second kappa shape index (κ2) is 10.9. The number of sulfonamides is 1. The Kier molecular flexibility index (Phi) is 8.58. The molecule has 0 aliphatic heterocycles. The van der Waals surface area contributed by atoms with E-state index in [2.05, 4.69) is 21.9 Å². The lowest BCUT2D eigenvalue weighted by Gasteiger charge is -2.17. The summed E-state index contributed by atoms with van der Waals surface area (Å²) in [6.45, 7) is 5.51. The molecule has 1 atom stereocenters. The zero-order valence-corrected chi connectivity index (χ0v) is 18.1. The molecule has 0 aromatic heterocycles. The van der Waals surface area contributed by atoms with Gasteiger partial charge in [-0.1, -0.05) is 48.9 Å². The van der Waals surface area contributed by atoms with Crippen molar-refractivity contribution in [1.82, 2.24) is 10.0 Å². The predicted octanol–water partition coefficient (Wildman–Crippen LogP) is 3.15. The van der Waals surface area contributed by atoms with Gasteiger partial charge >= 0.3 is 11.8 Å². The van der Waals surface area contributed by atoms with Crippen LogP contribution in [0.2, 0.25) is 5.02 Å². The van der Waals surface area contributed by atoms with Gasteiger partial charge in [0.25, 0.3) is 0 Å². The molecule has 30 heavy (non-hydrogen) atoms. The van der Waals surface area contributed by atoms with Gasteiger partial charge in [-0.25, -0.2) is 13.1 Å². The highest BCUT2D eigenvalue weighted by molar-refractivity contribution is 7.88. The molecule has 0 aliphatic carbocycles. The van der Waals surface area contributed by atoms with Gasteiger partial charge in [-0.05, 0) is 41.8 Å². The third-order valence-corrected chi connectivity index (χ3v) is 5.78. The van der Waals surface area contributed by atoms with E-state index in [0.29, 0.717) is 22.7 Å². The Labute approximate surface area is 181 Å². The minimum absolute atomic E-state index is 0.153. The van der Waals surface area contributed by atoms with Gasteiger partial charge < -0.3 is 10.6 Å². The maximum atomic E-state index is 12.3. The largest absolute Gasteiger partial charge is 0.341 e. The van der Waals surface area contributed by atoms with Gasteiger partial charge in [0.15, 0.2) is 0 Å².